The quantitative estimate of drug-likeness (QED) is 0.763. The molecule has 1 amide bonds. The number of rotatable bonds is 5. The van der Waals surface area contributed by atoms with Crippen LogP contribution >= 0.6 is 0 Å². The summed E-state index contributed by atoms with van der Waals surface area (Å²) in [5.41, 5.74) is 0.814. The minimum atomic E-state index is -0.443. The molecule has 1 N–H and O–H groups in total. The molecule has 2 aromatic heterocycles. The summed E-state index contributed by atoms with van der Waals surface area (Å²) in [5.74, 6) is 0.173. The Morgan fingerprint density at radius 2 is 2.08 bits per heavy atom. The molecule has 0 spiro atoms. The number of hydrogen-bond acceptors (Lipinski definition) is 6. The van der Waals surface area contributed by atoms with E-state index in [-0.39, 0.29) is 12.4 Å². The summed E-state index contributed by atoms with van der Waals surface area (Å²) in [6, 6.07) is 12.1. The van der Waals surface area contributed by atoms with Gasteiger partial charge in [0.1, 0.15) is 18.5 Å². The molecular formula is C16H14N4O4. The van der Waals surface area contributed by atoms with Gasteiger partial charge >= 0.3 is 0 Å². The maximum Gasteiger partial charge on any atom is 0.270 e. The topological polar surface area (TPSA) is 99.2 Å². The zero-order chi connectivity index (χ0) is 16.9. The van der Waals surface area contributed by atoms with Crippen molar-refractivity contribution < 1.29 is 14.1 Å². The van der Waals surface area contributed by atoms with Gasteiger partial charge in [0.2, 0.25) is 5.91 Å². The van der Waals surface area contributed by atoms with E-state index in [0.29, 0.717) is 11.4 Å². The smallest absolute Gasteiger partial charge is 0.270 e. The number of carbonyl (C=O) groups excluding carboxylic acids is 1. The third kappa shape index (κ3) is 3.32. The lowest BCUT2D eigenvalue weighted by molar-refractivity contribution is -0.117. The fourth-order valence-corrected chi connectivity index (χ4v) is 2.13. The van der Waals surface area contributed by atoms with Crippen LogP contribution in [0.1, 0.15) is 0 Å². The Kier molecular flexibility index (Phi) is 4.37. The SMILES string of the molecule is COc1cc(=O)n(CC(=O)Nc2ccon2)nc1-c1ccccc1. The van der Waals surface area contributed by atoms with Crippen molar-refractivity contribution in [2.75, 3.05) is 12.4 Å². The molecule has 0 aliphatic carbocycles. The van der Waals surface area contributed by atoms with E-state index in [1.165, 1.54) is 25.5 Å². The number of benzene rings is 1. The lowest BCUT2D eigenvalue weighted by Crippen LogP contribution is -2.29. The summed E-state index contributed by atoms with van der Waals surface area (Å²) in [5, 5.41) is 10.3. The van der Waals surface area contributed by atoms with Crippen LogP contribution in [0.15, 0.2) is 58.0 Å². The van der Waals surface area contributed by atoms with E-state index in [0.717, 1.165) is 10.2 Å². The molecule has 0 radical (unpaired) electrons. The maximum absolute atomic E-state index is 12.1. The molecule has 8 nitrogen and oxygen atoms in total. The number of amides is 1. The zero-order valence-electron chi connectivity index (χ0n) is 12.8. The highest BCUT2D eigenvalue weighted by molar-refractivity contribution is 5.89. The van der Waals surface area contributed by atoms with E-state index in [1.807, 2.05) is 30.3 Å². The van der Waals surface area contributed by atoms with Gasteiger partial charge in [-0.2, -0.15) is 5.10 Å². The highest BCUT2D eigenvalue weighted by atomic mass is 16.5. The predicted octanol–water partition coefficient (Wildman–Crippen LogP) is 1.55. The van der Waals surface area contributed by atoms with E-state index in [9.17, 15) is 9.59 Å². The van der Waals surface area contributed by atoms with E-state index < -0.39 is 11.5 Å². The molecule has 0 saturated carbocycles. The van der Waals surface area contributed by atoms with Crippen molar-refractivity contribution in [1.82, 2.24) is 14.9 Å². The molecule has 0 unspecified atom stereocenters. The number of carbonyl (C=O) groups is 1. The fraction of sp³-hybridized carbons (Fsp3) is 0.125. The van der Waals surface area contributed by atoms with Gasteiger partial charge < -0.3 is 14.6 Å². The van der Waals surface area contributed by atoms with Gasteiger partial charge in [-0.05, 0) is 0 Å². The van der Waals surface area contributed by atoms with E-state index in [4.69, 9.17) is 4.74 Å². The molecule has 3 rings (SSSR count). The molecule has 122 valence electrons. The summed E-state index contributed by atoms with van der Waals surface area (Å²) >= 11 is 0. The minimum Gasteiger partial charge on any atom is -0.494 e. The van der Waals surface area contributed by atoms with Crippen molar-refractivity contribution in [3.63, 3.8) is 0 Å². The number of anilines is 1. The number of nitrogens with zero attached hydrogens (tertiary/aromatic N) is 3. The number of nitrogens with one attached hydrogen (secondary N) is 1. The minimum absolute atomic E-state index is 0.254. The highest BCUT2D eigenvalue weighted by Gasteiger charge is 2.14. The maximum atomic E-state index is 12.1. The van der Waals surface area contributed by atoms with Crippen LogP contribution in [0, 0.1) is 0 Å². The largest absolute Gasteiger partial charge is 0.494 e. The Morgan fingerprint density at radius 1 is 1.29 bits per heavy atom. The molecule has 0 bridgehead atoms. The van der Waals surface area contributed by atoms with Gasteiger partial charge in [-0.15, -0.1) is 0 Å². The second-order valence-corrected chi connectivity index (χ2v) is 4.86. The van der Waals surface area contributed by atoms with Crippen LogP contribution in [0.25, 0.3) is 11.3 Å². The van der Waals surface area contributed by atoms with Crippen LogP contribution in [0.3, 0.4) is 0 Å². The van der Waals surface area contributed by atoms with Gasteiger partial charge in [0.25, 0.3) is 5.56 Å². The Morgan fingerprint density at radius 3 is 2.75 bits per heavy atom. The molecule has 0 atom stereocenters. The van der Waals surface area contributed by atoms with E-state index >= 15 is 0 Å². The standard InChI is InChI=1S/C16H14N4O4/c1-23-12-9-15(22)20(10-14(21)17-13-7-8-24-19-13)18-16(12)11-5-3-2-4-6-11/h2-9H,10H2,1H3,(H,17,19,21). The van der Waals surface area contributed by atoms with Crippen LogP contribution < -0.4 is 15.6 Å². The second kappa shape index (κ2) is 6.78. The summed E-state index contributed by atoms with van der Waals surface area (Å²) in [6.07, 6.45) is 1.33. The van der Waals surface area contributed by atoms with Crippen LogP contribution in [-0.2, 0) is 11.3 Å². The lowest BCUT2D eigenvalue weighted by Gasteiger charge is -2.11. The van der Waals surface area contributed by atoms with Crippen LogP contribution in [-0.4, -0.2) is 28.0 Å². The first-order chi connectivity index (χ1) is 11.7. The molecule has 0 fully saturated rings. The average molecular weight is 326 g/mol. The Hall–Kier alpha value is -3.42. The summed E-state index contributed by atoms with van der Waals surface area (Å²) in [4.78, 5) is 24.1. The molecule has 0 aliphatic rings. The van der Waals surface area contributed by atoms with Crippen molar-refractivity contribution in [2.24, 2.45) is 0 Å². The second-order valence-electron chi connectivity index (χ2n) is 4.86. The lowest BCUT2D eigenvalue weighted by atomic mass is 10.1. The zero-order valence-corrected chi connectivity index (χ0v) is 12.8. The number of ether oxygens (including phenoxy) is 1. The van der Waals surface area contributed by atoms with Crippen LogP contribution in [0.5, 0.6) is 5.75 Å². The molecule has 2 heterocycles. The van der Waals surface area contributed by atoms with Gasteiger partial charge in [0.15, 0.2) is 11.6 Å². The summed E-state index contributed by atoms with van der Waals surface area (Å²) in [6.45, 7) is -0.254. The first-order valence-corrected chi connectivity index (χ1v) is 7.09. The molecule has 0 saturated heterocycles. The Labute approximate surface area is 136 Å². The first kappa shape index (κ1) is 15.5. The van der Waals surface area contributed by atoms with Gasteiger partial charge in [-0.3, -0.25) is 9.59 Å². The molecule has 3 aromatic rings. The van der Waals surface area contributed by atoms with Crippen molar-refractivity contribution in [3.05, 3.63) is 59.1 Å². The van der Waals surface area contributed by atoms with Crippen molar-refractivity contribution in [2.45, 2.75) is 6.54 Å². The number of aromatic nitrogens is 3. The average Bonchev–Trinajstić information content (AvgIpc) is 3.10. The van der Waals surface area contributed by atoms with Gasteiger partial charge in [-0.25, -0.2) is 4.68 Å². The van der Waals surface area contributed by atoms with Crippen molar-refractivity contribution in [1.29, 1.82) is 0 Å². The van der Waals surface area contributed by atoms with Gasteiger partial charge in [0.05, 0.1) is 7.11 Å². The number of methoxy groups -OCH3 is 1. The summed E-state index contributed by atoms with van der Waals surface area (Å²) in [7, 11) is 1.46. The third-order valence-corrected chi connectivity index (χ3v) is 3.23. The Balaban J connectivity index is 1.91. The van der Waals surface area contributed by atoms with Gasteiger partial charge in [0, 0.05) is 17.7 Å². The fourth-order valence-electron chi connectivity index (χ4n) is 2.13. The van der Waals surface area contributed by atoms with Crippen LogP contribution in [0.2, 0.25) is 0 Å². The highest BCUT2D eigenvalue weighted by Crippen LogP contribution is 2.25. The molecule has 8 heteroatoms. The normalized spacial score (nSPS) is 10.4. The molecule has 0 aliphatic heterocycles. The number of hydrogen-bond donors (Lipinski definition) is 1. The molecular weight excluding hydrogens is 312 g/mol. The van der Waals surface area contributed by atoms with Crippen molar-refractivity contribution in [3.8, 4) is 17.0 Å². The van der Waals surface area contributed by atoms with E-state index in [1.54, 1.807) is 0 Å². The monoisotopic (exact) mass is 326 g/mol. The summed E-state index contributed by atoms with van der Waals surface area (Å²) < 4.78 is 10.9. The van der Waals surface area contributed by atoms with Crippen molar-refractivity contribution >= 4 is 11.7 Å². The molecule has 24 heavy (non-hydrogen) atoms. The first-order valence-electron chi connectivity index (χ1n) is 7.09. The molecule has 1 aromatic carbocycles. The third-order valence-electron chi connectivity index (χ3n) is 3.23. The Bertz CT molecular complexity index is 888. The predicted molar refractivity (Wildman–Crippen MR) is 85.6 cm³/mol. The van der Waals surface area contributed by atoms with Gasteiger partial charge in [-0.1, -0.05) is 35.5 Å². The van der Waals surface area contributed by atoms with Crippen LogP contribution in [0.4, 0.5) is 5.82 Å². The van der Waals surface area contributed by atoms with E-state index in [2.05, 4.69) is 20.1 Å².